The van der Waals surface area contributed by atoms with E-state index in [4.69, 9.17) is 0 Å². The van der Waals surface area contributed by atoms with Crippen molar-refractivity contribution in [1.29, 1.82) is 0 Å². The molecule has 0 aliphatic rings. The SMILES string of the molecule is Cc1cc2[nH]cnc2cc1F. The summed E-state index contributed by atoms with van der Waals surface area (Å²) in [5.74, 6) is -0.204. The van der Waals surface area contributed by atoms with Crippen molar-refractivity contribution in [2.24, 2.45) is 0 Å². The van der Waals surface area contributed by atoms with Crippen molar-refractivity contribution in [2.75, 3.05) is 0 Å². The largest absolute Gasteiger partial charge is 0.345 e. The standard InChI is InChI=1S/C8H7FN2/c1-5-2-7-8(3-6(5)9)11-4-10-7/h2-4H,1H3,(H,10,11). The van der Waals surface area contributed by atoms with Crippen LogP contribution >= 0.6 is 0 Å². The number of hydrogen-bond acceptors (Lipinski definition) is 1. The van der Waals surface area contributed by atoms with Gasteiger partial charge in [0.2, 0.25) is 0 Å². The third-order valence-electron chi connectivity index (χ3n) is 1.70. The highest BCUT2D eigenvalue weighted by Gasteiger charge is 2.00. The van der Waals surface area contributed by atoms with E-state index in [0.717, 1.165) is 5.52 Å². The maximum atomic E-state index is 12.9. The molecule has 1 aromatic carbocycles. The van der Waals surface area contributed by atoms with Crippen molar-refractivity contribution < 1.29 is 4.39 Å². The van der Waals surface area contributed by atoms with E-state index < -0.39 is 0 Å². The van der Waals surface area contributed by atoms with Crippen LogP contribution < -0.4 is 0 Å². The summed E-state index contributed by atoms with van der Waals surface area (Å²) in [6.07, 6.45) is 1.56. The number of H-pyrrole nitrogens is 1. The van der Waals surface area contributed by atoms with Crippen LogP contribution in [0.4, 0.5) is 4.39 Å². The summed E-state index contributed by atoms with van der Waals surface area (Å²) in [6, 6.07) is 3.18. The van der Waals surface area contributed by atoms with Crippen LogP contribution in [-0.2, 0) is 0 Å². The topological polar surface area (TPSA) is 28.7 Å². The van der Waals surface area contributed by atoms with Crippen LogP contribution in [0.5, 0.6) is 0 Å². The number of aromatic nitrogens is 2. The van der Waals surface area contributed by atoms with Gasteiger partial charge in [0.25, 0.3) is 0 Å². The lowest BCUT2D eigenvalue weighted by atomic mass is 10.2. The number of fused-ring (bicyclic) bond motifs is 1. The molecule has 0 bridgehead atoms. The molecule has 0 radical (unpaired) electrons. The number of nitrogens with one attached hydrogen (secondary N) is 1. The first-order valence-corrected chi connectivity index (χ1v) is 3.36. The Morgan fingerprint density at radius 3 is 3.09 bits per heavy atom. The number of aromatic amines is 1. The molecule has 2 nitrogen and oxygen atoms in total. The van der Waals surface area contributed by atoms with Crippen LogP contribution in [0.25, 0.3) is 11.0 Å². The molecule has 0 spiro atoms. The normalized spacial score (nSPS) is 10.7. The highest BCUT2D eigenvalue weighted by molar-refractivity contribution is 5.75. The highest BCUT2D eigenvalue weighted by Crippen LogP contribution is 2.14. The van der Waals surface area contributed by atoms with Crippen molar-refractivity contribution in [1.82, 2.24) is 9.97 Å². The zero-order valence-corrected chi connectivity index (χ0v) is 6.06. The van der Waals surface area contributed by atoms with Gasteiger partial charge in [-0.2, -0.15) is 0 Å². The minimum absolute atomic E-state index is 0.204. The lowest BCUT2D eigenvalue weighted by Gasteiger charge is -1.93. The molecule has 0 saturated carbocycles. The van der Waals surface area contributed by atoms with Crippen molar-refractivity contribution in [3.05, 3.63) is 29.8 Å². The van der Waals surface area contributed by atoms with Gasteiger partial charge in [-0.3, -0.25) is 0 Å². The summed E-state index contributed by atoms with van der Waals surface area (Å²) in [6.45, 7) is 1.73. The predicted octanol–water partition coefficient (Wildman–Crippen LogP) is 2.01. The number of aryl methyl sites for hydroxylation is 1. The fraction of sp³-hybridized carbons (Fsp3) is 0.125. The van der Waals surface area contributed by atoms with Crippen LogP contribution in [-0.4, -0.2) is 9.97 Å². The zero-order chi connectivity index (χ0) is 7.84. The number of halogens is 1. The fourth-order valence-corrected chi connectivity index (χ4v) is 1.06. The summed E-state index contributed by atoms with van der Waals surface area (Å²) in [4.78, 5) is 6.83. The van der Waals surface area contributed by atoms with Crippen LogP contribution in [0.1, 0.15) is 5.56 Å². The second-order valence-corrected chi connectivity index (χ2v) is 2.52. The molecular weight excluding hydrogens is 143 g/mol. The van der Waals surface area contributed by atoms with E-state index in [-0.39, 0.29) is 5.82 Å². The third-order valence-corrected chi connectivity index (χ3v) is 1.70. The van der Waals surface area contributed by atoms with Gasteiger partial charge in [-0.25, -0.2) is 9.37 Å². The number of nitrogens with zero attached hydrogens (tertiary/aromatic N) is 1. The number of benzene rings is 1. The molecule has 0 aliphatic heterocycles. The van der Waals surface area contributed by atoms with Crippen LogP contribution in [0.3, 0.4) is 0 Å². The van der Waals surface area contributed by atoms with E-state index in [1.165, 1.54) is 6.07 Å². The first-order chi connectivity index (χ1) is 5.27. The lowest BCUT2D eigenvalue weighted by molar-refractivity contribution is 0.620. The summed E-state index contributed by atoms with van der Waals surface area (Å²) in [7, 11) is 0. The molecule has 56 valence electrons. The number of hydrogen-bond donors (Lipinski definition) is 1. The molecule has 1 N–H and O–H groups in total. The van der Waals surface area contributed by atoms with Gasteiger partial charge in [-0.15, -0.1) is 0 Å². The quantitative estimate of drug-likeness (QED) is 0.611. The average molecular weight is 150 g/mol. The van der Waals surface area contributed by atoms with Crippen molar-refractivity contribution in [3.8, 4) is 0 Å². The van der Waals surface area contributed by atoms with Gasteiger partial charge in [0, 0.05) is 6.07 Å². The molecule has 11 heavy (non-hydrogen) atoms. The maximum Gasteiger partial charge on any atom is 0.128 e. The molecule has 2 rings (SSSR count). The Morgan fingerprint density at radius 1 is 1.45 bits per heavy atom. The predicted molar refractivity (Wildman–Crippen MR) is 40.8 cm³/mol. The van der Waals surface area contributed by atoms with Gasteiger partial charge in [-0.05, 0) is 18.6 Å². The zero-order valence-electron chi connectivity index (χ0n) is 6.06. The smallest absolute Gasteiger partial charge is 0.128 e. The number of imidazole rings is 1. The molecule has 0 fully saturated rings. The molecular formula is C8H7FN2. The molecule has 3 heteroatoms. The molecule has 0 atom stereocenters. The van der Waals surface area contributed by atoms with Gasteiger partial charge in [-0.1, -0.05) is 0 Å². The Bertz CT molecular complexity index is 356. The lowest BCUT2D eigenvalue weighted by Crippen LogP contribution is -1.81. The Kier molecular flexibility index (Phi) is 1.18. The van der Waals surface area contributed by atoms with Gasteiger partial charge in [0.05, 0.1) is 17.4 Å². The molecule has 1 heterocycles. The fourth-order valence-electron chi connectivity index (χ4n) is 1.06. The van der Waals surface area contributed by atoms with E-state index in [0.29, 0.717) is 11.1 Å². The molecule has 2 aromatic rings. The summed E-state index contributed by atoms with van der Waals surface area (Å²) in [5, 5.41) is 0. The van der Waals surface area contributed by atoms with Gasteiger partial charge < -0.3 is 4.98 Å². The van der Waals surface area contributed by atoms with Gasteiger partial charge in [0.15, 0.2) is 0 Å². The maximum absolute atomic E-state index is 12.9. The molecule has 0 unspecified atom stereocenters. The van der Waals surface area contributed by atoms with E-state index >= 15 is 0 Å². The highest BCUT2D eigenvalue weighted by atomic mass is 19.1. The van der Waals surface area contributed by atoms with Gasteiger partial charge in [0.1, 0.15) is 5.82 Å². The van der Waals surface area contributed by atoms with Crippen molar-refractivity contribution in [2.45, 2.75) is 6.92 Å². The minimum atomic E-state index is -0.204. The van der Waals surface area contributed by atoms with E-state index in [2.05, 4.69) is 9.97 Å². The average Bonchev–Trinajstić information content (AvgIpc) is 2.36. The second-order valence-electron chi connectivity index (χ2n) is 2.52. The van der Waals surface area contributed by atoms with E-state index in [9.17, 15) is 4.39 Å². The molecule has 0 aliphatic carbocycles. The third kappa shape index (κ3) is 0.888. The molecule has 0 amide bonds. The summed E-state index contributed by atoms with van der Waals surface area (Å²) < 4.78 is 12.9. The molecule has 0 saturated heterocycles. The Hall–Kier alpha value is -1.38. The minimum Gasteiger partial charge on any atom is -0.345 e. The molecule has 1 aromatic heterocycles. The van der Waals surface area contributed by atoms with Gasteiger partial charge >= 0.3 is 0 Å². The Balaban J connectivity index is 2.86. The Morgan fingerprint density at radius 2 is 2.27 bits per heavy atom. The first-order valence-electron chi connectivity index (χ1n) is 3.36. The van der Waals surface area contributed by atoms with Crippen LogP contribution in [0.2, 0.25) is 0 Å². The first kappa shape index (κ1) is 6.34. The van der Waals surface area contributed by atoms with E-state index in [1.807, 2.05) is 0 Å². The van der Waals surface area contributed by atoms with Crippen molar-refractivity contribution in [3.63, 3.8) is 0 Å². The Labute approximate surface area is 63.1 Å². The summed E-state index contributed by atoms with van der Waals surface area (Å²) >= 11 is 0. The number of rotatable bonds is 0. The van der Waals surface area contributed by atoms with E-state index in [1.54, 1.807) is 19.3 Å². The van der Waals surface area contributed by atoms with Crippen LogP contribution in [0.15, 0.2) is 18.5 Å². The van der Waals surface area contributed by atoms with Crippen molar-refractivity contribution >= 4 is 11.0 Å². The monoisotopic (exact) mass is 150 g/mol. The summed E-state index contributed by atoms with van der Waals surface area (Å²) in [5.41, 5.74) is 2.19. The second kappa shape index (κ2) is 2.05. The van der Waals surface area contributed by atoms with Crippen LogP contribution in [0, 0.1) is 12.7 Å².